The van der Waals surface area contributed by atoms with Crippen LogP contribution in [0.25, 0.3) is 6.08 Å². The zero-order valence-electron chi connectivity index (χ0n) is 15.8. The fourth-order valence-electron chi connectivity index (χ4n) is 2.31. The van der Waals surface area contributed by atoms with E-state index >= 15 is 0 Å². The minimum atomic E-state index is -0.508. The van der Waals surface area contributed by atoms with E-state index in [1.807, 2.05) is 13.8 Å². The molecule has 0 atom stereocenters. The van der Waals surface area contributed by atoms with Crippen molar-refractivity contribution in [3.8, 4) is 0 Å². The van der Waals surface area contributed by atoms with Crippen molar-refractivity contribution in [2.75, 3.05) is 5.32 Å². The van der Waals surface area contributed by atoms with Gasteiger partial charge in [-0.25, -0.2) is 0 Å². The Hall–Kier alpha value is -3.59. The second kappa shape index (κ2) is 10.1. The molecular formula is C20H20N4O4S. The number of anilines is 1. The molecule has 29 heavy (non-hydrogen) atoms. The summed E-state index contributed by atoms with van der Waals surface area (Å²) >= 11 is 5.11. The van der Waals surface area contributed by atoms with Crippen LogP contribution < -0.4 is 16.0 Å². The highest BCUT2D eigenvalue weighted by Gasteiger charge is 2.09. The molecule has 0 aliphatic rings. The van der Waals surface area contributed by atoms with Gasteiger partial charge in [-0.05, 0) is 55.9 Å². The second-order valence-corrected chi connectivity index (χ2v) is 6.75. The van der Waals surface area contributed by atoms with Gasteiger partial charge in [0, 0.05) is 35.5 Å². The van der Waals surface area contributed by atoms with Gasteiger partial charge in [0.15, 0.2) is 5.11 Å². The molecule has 0 aliphatic carbocycles. The first-order valence-corrected chi connectivity index (χ1v) is 9.11. The molecule has 0 heterocycles. The van der Waals surface area contributed by atoms with Gasteiger partial charge in [0.05, 0.1) is 4.92 Å². The molecule has 0 aliphatic heterocycles. The molecule has 0 bridgehead atoms. The molecular weight excluding hydrogens is 392 g/mol. The largest absolute Gasteiger partial charge is 0.350 e. The number of nitro benzene ring substituents is 1. The van der Waals surface area contributed by atoms with E-state index in [0.717, 1.165) is 0 Å². The molecule has 0 saturated carbocycles. The molecule has 9 heteroatoms. The summed E-state index contributed by atoms with van der Waals surface area (Å²) in [5.74, 6) is -0.707. The quantitative estimate of drug-likeness (QED) is 0.290. The highest BCUT2D eigenvalue weighted by Crippen LogP contribution is 2.14. The topological polar surface area (TPSA) is 113 Å². The first kappa shape index (κ1) is 21.7. The van der Waals surface area contributed by atoms with Crippen LogP contribution in [0.2, 0.25) is 0 Å². The summed E-state index contributed by atoms with van der Waals surface area (Å²) in [6, 6.07) is 12.6. The predicted octanol–water partition coefficient (Wildman–Crippen LogP) is 3.26. The summed E-state index contributed by atoms with van der Waals surface area (Å²) in [4.78, 5) is 34.3. The van der Waals surface area contributed by atoms with Crippen LogP contribution in [0, 0.1) is 10.1 Å². The Balaban J connectivity index is 1.95. The van der Waals surface area contributed by atoms with Gasteiger partial charge in [0.25, 0.3) is 11.6 Å². The molecule has 0 aromatic heterocycles. The van der Waals surface area contributed by atoms with Gasteiger partial charge in [-0.2, -0.15) is 0 Å². The Kier molecular flexibility index (Phi) is 7.55. The van der Waals surface area contributed by atoms with Gasteiger partial charge in [0.2, 0.25) is 5.91 Å². The molecule has 0 spiro atoms. The zero-order valence-corrected chi connectivity index (χ0v) is 16.7. The molecule has 0 radical (unpaired) electrons. The first-order valence-electron chi connectivity index (χ1n) is 8.70. The molecule has 3 N–H and O–H groups in total. The molecule has 2 rings (SSSR count). The number of rotatable bonds is 6. The summed E-state index contributed by atoms with van der Waals surface area (Å²) in [6.07, 6.45) is 2.67. The van der Waals surface area contributed by atoms with Gasteiger partial charge < -0.3 is 10.6 Å². The van der Waals surface area contributed by atoms with Crippen LogP contribution in [0.5, 0.6) is 0 Å². The number of hydrogen-bond acceptors (Lipinski definition) is 5. The van der Waals surface area contributed by atoms with Gasteiger partial charge in [-0.15, -0.1) is 0 Å². The minimum Gasteiger partial charge on any atom is -0.350 e. The van der Waals surface area contributed by atoms with E-state index in [4.69, 9.17) is 12.2 Å². The minimum absolute atomic E-state index is 0.0114. The van der Waals surface area contributed by atoms with Gasteiger partial charge in [-0.1, -0.05) is 18.2 Å². The molecule has 2 aromatic rings. The Morgan fingerprint density at radius 2 is 1.86 bits per heavy atom. The third-order valence-corrected chi connectivity index (χ3v) is 3.75. The van der Waals surface area contributed by atoms with Crippen molar-refractivity contribution in [1.82, 2.24) is 10.6 Å². The Morgan fingerprint density at radius 3 is 2.55 bits per heavy atom. The zero-order chi connectivity index (χ0) is 21.4. The van der Waals surface area contributed by atoms with E-state index in [1.165, 1.54) is 30.4 Å². The van der Waals surface area contributed by atoms with Crippen LogP contribution in [-0.4, -0.2) is 27.9 Å². The molecule has 2 aromatic carbocycles. The average Bonchev–Trinajstić information content (AvgIpc) is 2.66. The Labute approximate surface area is 173 Å². The fraction of sp³-hybridized carbons (Fsp3) is 0.150. The van der Waals surface area contributed by atoms with Crippen molar-refractivity contribution < 1.29 is 14.5 Å². The Morgan fingerprint density at radius 1 is 1.14 bits per heavy atom. The third-order valence-electron chi connectivity index (χ3n) is 3.55. The number of hydrogen-bond donors (Lipinski definition) is 3. The van der Waals surface area contributed by atoms with E-state index in [-0.39, 0.29) is 22.7 Å². The van der Waals surface area contributed by atoms with Crippen LogP contribution in [0.15, 0.2) is 54.6 Å². The molecule has 8 nitrogen and oxygen atoms in total. The summed E-state index contributed by atoms with van der Waals surface area (Å²) < 4.78 is 0. The molecule has 150 valence electrons. The van der Waals surface area contributed by atoms with Crippen LogP contribution in [0.1, 0.15) is 29.8 Å². The van der Waals surface area contributed by atoms with E-state index in [0.29, 0.717) is 16.8 Å². The third kappa shape index (κ3) is 7.15. The van der Waals surface area contributed by atoms with Crippen molar-refractivity contribution in [1.29, 1.82) is 0 Å². The summed E-state index contributed by atoms with van der Waals surface area (Å²) in [5.41, 5.74) is 1.46. The fourth-order valence-corrected chi connectivity index (χ4v) is 2.53. The van der Waals surface area contributed by atoms with E-state index in [9.17, 15) is 19.7 Å². The molecule has 2 amide bonds. The normalized spacial score (nSPS) is 10.6. The average molecular weight is 412 g/mol. The van der Waals surface area contributed by atoms with E-state index in [1.54, 1.807) is 30.3 Å². The maximum Gasteiger partial charge on any atom is 0.270 e. The Bertz CT molecular complexity index is 972. The van der Waals surface area contributed by atoms with Crippen LogP contribution in [-0.2, 0) is 4.79 Å². The number of benzene rings is 2. The first-order chi connectivity index (χ1) is 13.7. The van der Waals surface area contributed by atoms with E-state index < -0.39 is 10.8 Å². The SMILES string of the molecule is CC(C)NC(=O)c1cccc(NC(=S)NC(=O)/C=C/c2cccc([N+](=O)[O-])c2)c1. The number of nitrogens with zero attached hydrogens (tertiary/aromatic N) is 1. The maximum absolute atomic E-state index is 12.1. The number of amides is 2. The van der Waals surface area contributed by atoms with Crippen molar-refractivity contribution in [3.63, 3.8) is 0 Å². The van der Waals surface area contributed by atoms with Crippen LogP contribution in [0.4, 0.5) is 11.4 Å². The number of nitro groups is 1. The lowest BCUT2D eigenvalue weighted by Gasteiger charge is -2.11. The monoisotopic (exact) mass is 412 g/mol. The molecule has 0 fully saturated rings. The van der Waals surface area contributed by atoms with Crippen LogP contribution in [0.3, 0.4) is 0 Å². The van der Waals surface area contributed by atoms with Gasteiger partial charge >= 0.3 is 0 Å². The van der Waals surface area contributed by atoms with Crippen molar-refractivity contribution in [2.45, 2.75) is 19.9 Å². The second-order valence-electron chi connectivity index (χ2n) is 6.34. The summed E-state index contributed by atoms with van der Waals surface area (Å²) in [7, 11) is 0. The number of non-ortho nitro benzene ring substituents is 1. The number of thiocarbonyl (C=S) groups is 1. The lowest BCUT2D eigenvalue weighted by Crippen LogP contribution is -2.33. The van der Waals surface area contributed by atoms with Crippen molar-refractivity contribution in [3.05, 3.63) is 75.8 Å². The molecule has 0 unspecified atom stereocenters. The summed E-state index contributed by atoms with van der Waals surface area (Å²) in [6.45, 7) is 3.73. The number of carbonyl (C=O) groups is 2. The van der Waals surface area contributed by atoms with Crippen molar-refractivity contribution in [2.24, 2.45) is 0 Å². The number of carbonyl (C=O) groups excluding carboxylic acids is 2. The van der Waals surface area contributed by atoms with Gasteiger partial charge in [0.1, 0.15) is 0 Å². The maximum atomic E-state index is 12.1. The lowest BCUT2D eigenvalue weighted by molar-refractivity contribution is -0.384. The van der Waals surface area contributed by atoms with Gasteiger partial charge in [-0.3, -0.25) is 25.0 Å². The summed E-state index contributed by atoms with van der Waals surface area (Å²) in [5, 5.41) is 18.9. The lowest BCUT2D eigenvalue weighted by atomic mass is 10.2. The predicted molar refractivity (Wildman–Crippen MR) is 116 cm³/mol. The number of nitrogens with one attached hydrogen (secondary N) is 3. The standard InChI is InChI=1S/C20H20N4O4S/c1-13(2)21-19(26)15-6-4-7-16(12-15)22-20(29)23-18(25)10-9-14-5-3-8-17(11-14)24(27)28/h3-13H,1-2H3,(H,21,26)(H2,22,23,25,29)/b10-9+. The van der Waals surface area contributed by atoms with Crippen LogP contribution >= 0.6 is 12.2 Å². The highest BCUT2D eigenvalue weighted by molar-refractivity contribution is 7.80. The molecule has 0 saturated heterocycles. The van der Waals surface area contributed by atoms with E-state index in [2.05, 4.69) is 16.0 Å². The van der Waals surface area contributed by atoms with Crippen molar-refractivity contribution >= 4 is 46.6 Å². The smallest absolute Gasteiger partial charge is 0.270 e. The highest BCUT2D eigenvalue weighted by atomic mass is 32.1.